The lowest BCUT2D eigenvalue weighted by Crippen LogP contribution is -2.42. The molecule has 0 radical (unpaired) electrons. The van der Waals surface area contributed by atoms with Crippen molar-refractivity contribution in [2.75, 3.05) is 18.5 Å². The molecule has 8 nitrogen and oxygen atoms in total. The average Bonchev–Trinajstić information content (AvgIpc) is 3.23. The van der Waals surface area contributed by atoms with Crippen molar-refractivity contribution in [1.82, 2.24) is 10.2 Å². The van der Waals surface area contributed by atoms with E-state index in [4.69, 9.17) is 4.74 Å². The van der Waals surface area contributed by atoms with Crippen LogP contribution < -0.4 is 10.6 Å². The monoisotopic (exact) mass is 483 g/mol. The van der Waals surface area contributed by atoms with Crippen molar-refractivity contribution in [1.29, 1.82) is 0 Å². The summed E-state index contributed by atoms with van der Waals surface area (Å²) in [6.45, 7) is 7.24. The van der Waals surface area contributed by atoms with E-state index in [0.29, 0.717) is 22.0 Å². The summed E-state index contributed by atoms with van der Waals surface area (Å²) in [4.78, 5) is 53.4. The van der Waals surface area contributed by atoms with Crippen LogP contribution in [0.25, 0.3) is 0 Å². The molecule has 1 aromatic heterocycles. The van der Waals surface area contributed by atoms with Crippen LogP contribution in [0.4, 0.5) is 9.80 Å². The van der Waals surface area contributed by atoms with Crippen LogP contribution in [0.3, 0.4) is 0 Å². The molecule has 0 bridgehead atoms. The standard InChI is InChI=1S/C25H29N3O5S/c1-5-33-22(30)20-17-11-8-15(3)12-18(17)34-21(20)26-19(29)13-28-23(31)25(4,27-24(28)32)16-9-6-14(2)7-10-16/h6-7,9-10,15H,5,8,11-13H2,1-4H3,(H,26,29)(H,27,32)/t15-,25-/m0/s1. The van der Waals surface area contributed by atoms with Crippen LogP contribution in [0, 0.1) is 12.8 Å². The fourth-order valence-corrected chi connectivity index (χ4v) is 5.91. The molecule has 1 fully saturated rings. The summed E-state index contributed by atoms with van der Waals surface area (Å²) in [6.07, 6.45) is 2.55. The van der Waals surface area contributed by atoms with Gasteiger partial charge in [-0.3, -0.25) is 14.5 Å². The summed E-state index contributed by atoms with van der Waals surface area (Å²) in [5.74, 6) is -1.02. The van der Waals surface area contributed by atoms with Gasteiger partial charge in [0.15, 0.2) is 0 Å². The van der Waals surface area contributed by atoms with Crippen molar-refractivity contribution in [3.05, 3.63) is 51.4 Å². The maximum atomic E-state index is 13.2. The third-order valence-corrected chi connectivity index (χ3v) is 7.62. The number of benzene rings is 1. The quantitative estimate of drug-likeness (QED) is 0.481. The largest absolute Gasteiger partial charge is 0.462 e. The van der Waals surface area contributed by atoms with Gasteiger partial charge < -0.3 is 15.4 Å². The molecule has 2 atom stereocenters. The lowest BCUT2D eigenvalue weighted by atomic mass is 9.88. The van der Waals surface area contributed by atoms with Crippen molar-refractivity contribution < 1.29 is 23.9 Å². The highest BCUT2D eigenvalue weighted by atomic mass is 32.1. The molecule has 180 valence electrons. The molecule has 1 aliphatic heterocycles. The number of nitrogens with one attached hydrogen (secondary N) is 2. The Morgan fingerprint density at radius 2 is 1.97 bits per heavy atom. The molecule has 4 amide bonds. The van der Waals surface area contributed by atoms with Crippen LogP contribution in [0.2, 0.25) is 0 Å². The molecule has 34 heavy (non-hydrogen) atoms. The predicted molar refractivity (Wildman–Crippen MR) is 129 cm³/mol. The van der Waals surface area contributed by atoms with Gasteiger partial charge in [0.25, 0.3) is 5.91 Å². The second-order valence-corrected chi connectivity index (χ2v) is 10.2. The number of ether oxygens (including phenoxy) is 1. The number of esters is 1. The zero-order chi connectivity index (χ0) is 24.6. The molecule has 2 heterocycles. The highest BCUT2D eigenvalue weighted by Crippen LogP contribution is 2.40. The van der Waals surface area contributed by atoms with Gasteiger partial charge >= 0.3 is 12.0 Å². The molecular formula is C25H29N3O5S. The second kappa shape index (κ2) is 9.21. The number of imide groups is 1. The Bertz CT molecular complexity index is 1160. The summed E-state index contributed by atoms with van der Waals surface area (Å²) in [5, 5.41) is 5.89. The maximum absolute atomic E-state index is 13.2. The van der Waals surface area contributed by atoms with E-state index < -0.39 is 35.9 Å². The Labute approximate surface area is 202 Å². The van der Waals surface area contributed by atoms with E-state index >= 15 is 0 Å². The van der Waals surface area contributed by atoms with Crippen LogP contribution in [-0.4, -0.2) is 41.9 Å². The van der Waals surface area contributed by atoms with Crippen LogP contribution in [0.5, 0.6) is 0 Å². The number of carbonyl (C=O) groups excluding carboxylic acids is 4. The highest BCUT2D eigenvalue weighted by Gasteiger charge is 2.49. The first-order valence-corrected chi connectivity index (χ1v) is 12.3. The molecule has 1 aromatic carbocycles. The minimum absolute atomic E-state index is 0.229. The van der Waals surface area contributed by atoms with E-state index in [1.54, 1.807) is 26.0 Å². The number of urea groups is 1. The number of nitrogens with zero attached hydrogens (tertiary/aromatic N) is 1. The number of aryl methyl sites for hydroxylation is 1. The van der Waals surface area contributed by atoms with Crippen molar-refractivity contribution >= 4 is 40.2 Å². The molecular weight excluding hydrogens is 454 g/mol. The lowest BCUT2D eigenvalue weighted by Gasteiger charge is -2.22. The smallest absolute Gasteiger partial charge is 0.341 e. The van der Waals surface area contributed by atoms with E-state index in [0.717, 1.165) is 40.2 Å². The Morgan fingerprint density at radius 1 is 1.26 bits per heavy atom. The average molecular weight is 484 g/mol. The summed E-state index contributed by atoms with van der Waals surface area (Å²) in [7, 11) is 0. The number of thiophene rings is 1. The van der Waals surface area contributed by atoms with Gasteiger partial charge in [-0.05, 0) is 57.1 Å². The van der Waals surface area contributed by atoms with Crippen LogP contribution in [-0.2, 0) is 32.7 Å². The first-order chi connectivity index (χ1) is 16.1. The number of fused-ring (bicyclic) bond motifs is 1. The molecule has 1 saturated heterocycles. The van der Waals surface area contributed by atoms with Crippen LogP contribution >= 0.6 is 11.3 Å². The summed E-state index contributed by atoms with van der Waals surface area (Å²) >= 11 is 1.37. The Morgan fingerprint density at radius 3 is 2.65 bits per heavy atom. The van der Waals surface area contributed by atoms with Gasteiger partial charge in [0.1, 0.15) is 17.1 Å². The molecule has 0 spiro atoms. The summed E-state index contributed by atoms with van der Waals surface area (Å²) < 4.78 is 5.24. The number of anilines is 1. The van der Waals surface area contributed by atoms with Gasteiger partial charge in [0, 0.05) is 4.88 Å². The minimum atomic E-state index is -1.25. The molecule has 0 saturated carbocycles. The Hall–Kier alpha value is -3.20. The minimum Gasteiger partial charge on any atom is -0.462 e. The van der Waals surface area contributed by atoms with Crippen molar-refractivity contribution in [3.8, 4) is 0 Å². The number of rotatable bonds is 6. The van der Waals surface area contributed by atoms with Gasteiger partial charge in [-0.1, -0.05) is 36.8 Å². The van der Waals surface area contributed by atoms with Crippen molar-refractivity contribution in [2.45, 2.75) is 52.5 Å². The first kappa shape index (κ1) is 23.9. The van der Waals surface area contributed by atoms with Crippen LogP contribution in [0.15, 0.2) is 24.3 Å². The van der Waals surface area contributed by atoms with Gasteiger partial charge in [0.05, 0.1) is 12.2 Å². The summed E-state index contributed by atoms with van der Waals surface area (Å²) in [5.41, 5.74) is 1.75. The fraction of sp³-hybridized carbons (Fsp3) is 0.440. The second-order valence-electron chi connectivity index (χ2n) is 9.14. The predicted octanol–water partition coefficient (Wildman–Crippen LogP) is 3.76. The first-order valence-electron chi connectivity index (χ1n) is 11.5. The number of hydrogen-bond donors (Lipinski definition) is 2. The van der Waals surface area contributed by atoms with E-state index in [-0.39, 0.29) is 6.61 Å². The number of hydrogen-bond acceptors (Lipinski definition) is 6. The maximum Gasteiger partial charge on any atom is 0.341 e. The van der Waals surface area contributed by atoms with Crippen molar-refractivity contribution in [3.63, 3.8) is 0 Å². The highest BCUT2D eigenvalue weighted by molar-refractivity contribution is 7.17. The van der Waals surface area contributed by atoms with Crippen molar-refractivity contribution in [2.24, 2.45) is 5.92 Å². The molecule has 2 aliphatic rings. The molecule has 9 heteroatoms. The third-order valence-electron chi connectivity index (χ3n) is 6.45. The number of amides is 4. The molecule has 1 aliphatic carbocycles. The normalized spacial score (nSPS) is 21.8. The van der Waals surface area contributed by atoms with Gasteiger partial charge in [-0.2, -0.15) is 0 Å². The zero-order valence-corrected chi connectivity index (χ0v) is 20.6. The van der Waals surface area contributed by atoms with Gasteiger partial charge in [0.2, 0.25) is 5.91 Å². The SMILES string of the molecule is CCOC(=O)c1c(NC(=O)CN2C(=O)N[C@@](C)(c3ccc(C)cc3)C2=O)sc2c1CC[C@H](C)C2. The number of carbonyl (C=O) groups is 4. The fourth-order valence-electron chi connectivity index (χ4n) is 4.49. The molecule has 4 rings (SSSR count). The van der Waals surface area contributed by atoms with E-state index in [9.17, 15) is 19.2 Å². The van der Waals surface area contributed by atoms with E-state index in [2.05, 4.69) is 17.6 Å². The molecule has 2 aromatic rings. The molecule has 2 N–H and O–H groups in total. The Kier molecular flexibility index (Phi) is 6.49. The van der Waals surface area contributed by atoms with Crippen LogP contribution in [0.1, 0.15) is 59.1 Å². The lowest BCUT2D eigenvalue weighted by molar-refractivity contribution is -0.133. The topological polar surface area (TPSA) is 105 Å². The summed E-state index contributed by atoms with van der Waals surface area (Å²) in [6, 6.07) is 6.69. The van der Waals surface area contributed by atoms with E-state index in [1.807, 2.05) is 19.1 Å². The van der Waals surface area contributed by atoms with E-state index in [1.165, 1.54) is 11.3 Å². The molecule has 0 unspecified atom stereocenters. The van der Waals surface area contributed by atoms with Gasteiger partial charge in [-0.15, -0.1) is 11.3 Å². The Balaban J connectivity index is 1.54. The zero-order valence-electron chi connectivity index (χ0n) is 19.8. The third kappa shape index (κ3) is 4.32. The van der Waals surface area contributed by atoms with Gasteiger partial charge in [-0.25, -0.2) is 9.59 Å².